The quantitative estimate of drug-likeness (QED) is 0.404. The van der Waals surface area contributed by atoms with Gasteiger partial charge in [-0.15, -0.1) is 16.4 Å². The Morgan fingerprint density at radius 1 is 1.23 bits per heavy atom. The predicted octanol–water partition coefficient (Wildman–Crippen LogP) is 1.09. The van der Waals surface area contributed by atoms with E-state index in [1.54, 1.807) is 22.3 Å². The fourth-order valence-corrected chi connectivity index (χ4v) is 4.22. The van der Waals surface area contributed by atoms with Crippen molar-refractivity contribution >= 4 is 23.3 Å². The van der Waals surface area contributed by atoms with E-state index in [1.807, 2.05) is 34.5 Å². The lowest BCUT2D eigenvalue weighted by atomic mass is 9.98. The number of guanidine groups is 2. The molecule has 1 aromatic carbocycles. The largest absolute Gasteiger partial charge is 0.487 e. The molecule has 0 aliphatic carbocycles. The molecular weight excluding hydrogens is 404 g/mol. The zero-order valence-electron chi connectivity index (χ0n) is 16.2. The van der Waals surface area contributed by atoms with E-state index < -0.39 is 0 Å². The van der Waals surface area contributed by atoms with E-state index in [1.165, 1.54) is 0 Å². The summed E-state index contributed by atoms with van der Waals surface area (Å²) < 4.78 is 7.44. The van der Waals surface area contributed by atoms with Crippen LogP contribution in [0.5, 0.6) is 5.75 Å². The standard InChI is InChI=1S/C18H22N10OS/c19-17(20)24-18(21)27-7-5-12(6-8-27)16-23-13(10-30-16)9-29-15-3-1-14(2-4-15)28-11-22-25-26-28/h1-4,10-12H,5-9H2,(H5,19,20,21,24). The van der Waals surface area contributed by atoms with Crippen molar-refractivity contribution in [2.45, 2.75) is 25.4 Å². The number of thiazole rings is 1. The van der Waals surface area contributed by atoms with Gasteiger partial charge in [0.1, 0.15) is 18.7 Å². The highest BCUT2D eigenvalue weighted by molar-refractivity contribution is 7.09. The molecule has 1 aliphatic heterocycles. The number of nitrogens with two attached hydrogens (primary N) is 2. The zero-order valence-corrected chi connectivity index (χ0v) is 17.0. The number of rotatable bonds is 5. The first kappa shape index (κ1) is 19.8. The van der Waals surface area contributed by atoms with Gasteiger partial charge in [-0.05, 0) is 47.5 Å². The molecule has 3 heterocycles. The number of likely N-dealkylation sites (tertiary alicyclic amines) is 1. The molecule has 2 aromatic heterocycles. The summed E-state index contributed by atoms with van der Waals surface area (Å²) >= 11 is 1.66. The summed E-state index contributed by atoms with van der Waals surface area (Å²) in [6, 6.07) is 7.55. The van der Waals surface area contributed by atoms with Gasteiger partial charge in [-0.1, -0.05) is 0 Å². The number of aliphatic imine (C=N–C) groups is 1. The van der Waals surface area contributed by atoms with Crippen LogP contribution in [0.4, 0.5) is 0 Å². The first-order valence-electron chi connectivity index (χ1n) is 9.42. The maximum absolute atomic E-state index is 7.92. The van der Waals surface area contributed by atoms with Crippen LogP contribution in [0, 0.1) is 5.41 Å². The molecule has 3 aromatic rings. The first-order chi connectivity index (χ1) is 14.6. The summed E-state index contributed by atoms with van der Waals surface area (Å²) in [5.41, 5.74) is 12.5. The Hall–Kier alpha value is -3.54. The molecule has 4 rings (SSSR count). The van der Waals surface area contributed by atoms with Crippen molar-refractivity contribution in [2.75, 3.05) is 13.1 Å². The van der Waals surface area contributed by atoms with Crippen molar-refractivity contribution < 1.29 is 4.74 Å². The number of ether oxygens (including phenoxy) is 1. The van der Waals surface area contributed by atoms with Crippen molar-refractivity contribution in [3.05, 3.63) is 46.7 Å². The Morgan fingerprint density at radius 3 is 2.67 bits per heavy atom. The topological polar surface area (TPSA) is 157 Å². The van der Waals surface area contributed by atoms with Gasteiger partial charge in [0, 0.05) is 24.4 Å². The Morgan fingerprint density at radius 2 is 2.00 bits per heavy atom. The molecule has 0 amide bonds. The van der Waals surface area contributed by atoms with Crippen molar-refractivity contribution in [3.8, 4) is 11.4 Å². The van der Waals surface area contributed by atoms with Crippen LogP contribution in [-0.2, 0) is 6.61 Å². The summed E-state index contributed by atoms with van der Waals surface area (Å²) in [6.45, 7) is 1.88. The molecular formula is C18H22N10OS. The van der Waals surface area contributed by atoms with Crippen LogP contribution < -0.4 is 16.2 Å². The lowest BCUT2D eigenvalue weighted by Crippen LogP contribution is -2.38. The van der Waals surface area contributed by atoms with E-state index in [0.717, 1.165) is 48.1 Å². The molecule has 1 aliphatic rings. The van der Waals surface area contributed by atoms with E-state index >= 15 is 0 Å². The van der Waals surface area contributed by atoms with Crippen LogP contribution in [0.15, 0.2) is 41.0 Å². The third-order valence-electron chi connectivity index (χ3n) is 4.79. The summed E-state index contributed by atoms with van der Waals surface area (Å²) in [5, 5.41) is 22.2. The highest BCUT2D eigenvalue weighted by Crippen LogP contribution is 2.30. The Balaban J connectivity index is 1.29. The van der Waals surface area contributed by atoms with E-state index in [0.29, 0.717) is 12.5 Å². The molecule has 0 radical (unpaired) electrons. The maximum Gasteiger partial charge on any atom is 0.221 e. The minimum absolute atomic E-state index is 0.0864. The third-order valence-corrected chi connectivity index (χ3v) is 5.84. The first-order valence-corrected chi connectivity index (χ1v) is 10.3. The van der Waals surface area contributed by atoms with Crippen molar-refractivity contribution in [3.63, 3.8) is 0 Å². The number of hydrogen-bond acceptors (Lipinski definition) is 7. The van der Waals surface area contributed by atoms with Gasteiger partial charge in [0.05, 0.1) is 16.4 Å². The third kappa shape index (κ3) is 4.71. The SMILES string of the molecule is N=C(N=C(N)N)N1CCC(c2nc(COc3ccc(-n4cnnn4)cc3)cs2)CC1. The minimum Gasteiger partial charge on any atom is -0.487 e. The smallest absolute Gasteiger partial charge is 0.221 e. The molecule has 0 saturated carbocycles. The molecule has 30 heavy (non-hydrogen) atoms. The Kier molecular flexibility index (Phi) is 5.84. The summed E-state index contributed by atoms with van der Waals surface area (Å²) in [5.74, 6) is 1.17. The highest BCUT2D eigenvalue weighted by atomic mass is 32.1. The van der Waals surface area contributed by atoms with Gasteiger partial charge in [-0.2, -0.15) is 4.99 Å². The normalized spacial score (nSPS) is 14.5. The van der Waals surface area contributed by atoms with Crippen molar-refractivity contribution in [1.82, 2.24) is 30.1 Å². The molecule has 1 fully saturated rings. The van der Waals surface area contributed by atoms with Gasteiger partial charge in [-0.25, -0.2) is 9.67 Å². The summed E-state index contributed by atoms with van der Waals surface area (Å²) in [6.07, 6.45) is 3.37. The van der Waals surface area contributed by atoms with E-state index in [9.17, 15) is 0 Å². The van der Waals surface area contributed by atoms with Crippen LogP contribution >= 0.6 is 11.3 Å². The highest BCUT2D eigenvalue weighted by Gasteiger charge is 2.24. The lowest BCUT2D eigenvalue weighted by molar-refractivity contribution is 0.297. The molecule has 0 atom stereocenters. The molecule has 0 spiro atoms. The molecule has 11 nitrogen and oxygen atoms in total. The fourth-order valence-electron chi connectivity index (χ4n) is 3.24. The lowest BCUT2D eigenvalue weighted by Gasteiger charge is -2.31. The van der Waals surface area contributed by atoms with Crippen LogP contribution in [0.3, 0.4) is 0 Å². The van der Waals surface area contributed by atoms with Crippen molar-refractivity contribution in [1.29, 1.82) is 5.41 Å². The number of nitrogens with one attached hydrogen (secondary N) is 1. The minimum atomic E-state index is -0.0864. The van der Waals surface area contributed by atoms with E-state index in [2.05, 4.69) is 20.5 Å². The average molecular weight is 427 g/mol. The summed E-state index contributed by atoms with van der Waals surface area (Å²) in [4.78, 5) is 10.4. The number of tetrazole rings is 1. The zero-order chi connectivity index (χ0) is 20.9. The number of aromatic nitrogens is 5. The molecule has 0 bridgehead atoms. The van der Waals surface area contributed by atoms with Gasteiger partial charge in [-0.3, -0.25) is 5.41 Å². The molecule has 1 saturated heterocycles. The van der Waals surface area contributed by atoms with Gasteiger partial charge in [0.25, 0.3) is 0 Å². The predicted molar refractivity (Wildman–Crippen MR) is 113 cm³/mol. The number of piperidine rings is 1. The molecule has 156 valence electrons. The van der Waals surface area contributed by atoms with Crippen LogP contribution in [0.25, 0.3) is 5.69 Å². The molecule has 0 unspecified atom stereocenters. The van der Waals surface area contributed by atoms with Gasteiger partial charge < -0.3 is 21.1 Å². The molecule has 5 N–H and O–H groups in total. The van der Waals surface area contributed by atoms with E-state index in [4.69, 9.17) is 26.6 Å². The monoisotopic (exact) mass is 426 g/mol. The number of benzene rings is 1. The fraction of sp³-hybridized carbons (Fsp3) is 0.333. The molecule has 12 heteroatoms. The Labute approximate surface area is 176 Å². The van der Waals surface area contributed by atoms with Crippen LogP contribution in [0.1, 0.15) is 29.5 Å². The number of nitrogens with zero attached hydrogens (tertiary/aromatic N) is 7. The van der Waals surface area contributed by atoms with Gasteiger partial charge in [0.15, 0.2) is 5.96 Å². The number of hydrogen-bond donors (Lipinski definition) is 3. The Bertz CT molecular complexity index is 1000. The van der Waals surface area contributed by atoms with Crippen LogP contribution in [0.2, 0.25) is 0 Å². The van der Waals surface area contributed by atoms with Gasteiger partial charge >= 0.3 is 0 Å². The van der Waals surface area contributed by atoms with Gasteiger partial charge in [0.2, 0.25) is 5.96 Å². The average Bonchev–Trinajstić information content (AvgIpc) is 3.45. The maximum atomic E-state index is 7.92. The second-order valence-corrected chi connectivity index (χ2v) is 7.73. The van der Waals surface area contributed by atoms with E-state index in [-0.39, 0.29) is 11.9 Å². The second-order valence-electron chi connectivity index (χ2n) is 6.84. The summed E-state index contributed by atoms with van der Waals surface area (Å²) in [7, 11) is 0. The second kappa shape index (κ2) is 8.86. The van der Waals surface area contributed by atoms with Crippen LogP contribution in [-0.4, -0.2) is 55.1 Å². The van der Waals surface area contributed by atoms with Crippen molar-refractivity contribution in [2.24, 2.45) is 16.5 Å².